The molecule has 0 N–H and O–H groups in total. The molecule has 5 heteroatoms. The van der Waals surface area contributed by atoms with E-state index in [0.29, 0.717) is 23.5 Å². The minimum Gasteiger partial charge on any atom is -0.425 e. The largest absolute Gasteiger partial charge is 0.425 e. The minimum atomic E-state index is -1.16. The first-order valence-electron chi connectivity index (χ1n) is 15.5. The quantitative estimate of drug-likeness (QED) is 0.0921. The number of carbonyl (C=O) groups excluding carboxylic acids is 2. The van der Waals surface area contributed by atoms with Gasteiger partial charge in [-0.2, -0.15) is 5.26 Å². The van der Waals surface area contributed by atoms with Crippen LogP contribution in [0.2, 0.25) is 0 Å². The van der Waals surface area contributed by atoms with Gasteiger partial charge in [0.25, 0.3) is 0 Å². The molecule has 0 radical (unpaired) electrons. The lowest BCUT2D eigenvalue weighted by atomic mass is 9.87. The highest BCUT2D eigenvalue weighted by molar-refractivity contribution is 5.91. The molecule has 0 heterocycles. The van der Waals surface area contributed by atoms with Crippen LogP contribution in [0.15, 0.2) is 72.8 Å². The van der Waals surface area contributed by atoms with Gasteiger partial charge in [-0.05, 0) is 79.3 Å². The van der Waals surface area contributed by atoms with E-state index in [1.54, 1.807) is 31.2 Å². The molecule has 0 saturated heterocycles. The van der Waals surface area contributed by atoms with E-state index in [9.17, 15) is 14.9 Å². The molecular weight excluding hydrogens is 522 g/mol. The number of hydrogen-bond acceptors (Lipinski definition) is 5. The number of ether oxygens (including phenoxy) is 2. The Morgan fingerprint density at radius 2 is 1.17 bits per heavy atom. The number of benzene rings is 3. The number of hydrogen-bond donors (Lipinski definition) is 0. The third-order valence-corrected chi connectivity index (χ3v) is 7.67. The van der Waals surface area contributed by atoms with E-state index in [0.717, 1.165) is 24.0 Å². The molecule has 0 amide bonds. The fourth-order valence-electron chi connectivity index (χ4n) is 4.97. The van der Waals surface area contributed by atoms with Crippen molar-refractivity contribution in [2.24, 2.45) is 5.41 Å². The molecule has 3 aromatic rings. The molecule has 222 valence electrons. The average molecular weight is 568 g/mol. The third kappa shape index (κ3) is 10.2. The Kier molecular flexibility index (Phi) is 13.3. The zero-order valence-electron chi connectivity index (χ0n) is 25.5. The van der Waals surface area contributed by atoms with Gasteiger partial charge in [0, 0.05) is 0 Å². The summed E-state index contributed by atoms with van der Waals surface area (Å²) in [5.41, 5.74) is 2.48. The van der Waals surface area contributed by atoms with Gasteiger partial charge in [0.15, 0.2) is 5.41 Å². The number of aryl methyl sites for hydroxylation is 1. The summed E-state index contributed by atoms with van der Waals surface area (Å²) in [6.45, 7) is 5.79. The van der Waals surface area contributed by atoms with Crippen LogP contribution >= 0.6 is 0 Å². The monoisotopic (exact) mass is 567 g/mol. The standard InChI is InChI=1S/C37H45NO4/c1-4-6-7-8-9-10-11-12-13-14-29-15-17-32(18-16-29)35(39)41-33-23-19-30(20-24-33)31-21-25-34(26-22-31)42-36(40)37(3,28-38)27-5-2/h15-26H,4-14,27H2,1-3H3. The fourth-order valence-corrected chi connectivity index (χ4v) is 4.97. The van der Waals surface area contributed by atoms with Gasteiger partial charge < -0.3 is 9.47 Å². The van der Waals surface area contributed by atoms with Crippen molar-refractivity contribution in [1.82, 2.24) is 0 Å². The SMILES string of the molecule is CCCCCCCCCCCc1ccc(C(=O)Oc2ccc(-c3ccc(OC(=O)C(C)(C#N)CCC)cc3)cc2)cc1. The number of nitrogens with zero attached hydrogens (tertiary/aromatic N) is 1. The summed E-state index contributed by atoms with van der Waals surface area (Å²) < 4.78 is 11.0. The van der Waals surface area contributed by atoms with Crippen molar-refractivity contribution >= 4 is 11.9 Å². The van der Waals surface area contributed by atoms with E-state index >= 15 is 0 Å². The van der Waals surface area contributed by atoms with Crippen molar-refractivity contribution in [2.45, 2.75) is 97.8 Å². The Balaban J connectivity index is 1.45. The molecule has 1 atom stereocenters. The van der Waals surface area contributed by atoms with Crippen LogP contribution in [0.3, 0.4) is 0 Å². The Labute approximate surface area is 251 Å². The van der Waals surface area contributed by atoms with Gasteiger partial charge in [0.05, 0.1) is 11.6 Å². The highest BCUT2D eigenvalue weighted by atomic mass is 16.5. The maximum absolute atomic E-state index is 12.7. The molecule has 0 fully saturated rings. The molecule has 0 bridgehead atoms. The van der Waals surface area contributed by atoms with Crippen LogP contribution in [-0.4, -0.2) is 11.9 Å². The normalized spacial score (nSPS) is 12.2. The van der Waals surface area contributed by atoms with Crippen molar-refractivity contribution in [1.29, 1.82) is 5.26 Å². The highest BCUT2D eigenvalue weighted by Crippen LogP contribution is 2.28. The van der Waals surface area contributed by atoms with Gasteiger partial charge in [0.2, 0.25) is 0 Å². The average Bonchev–Trinajstić information content (AvgIpc) is 3.01. The molecule has 3 aromatic carbocycles. The van der Waals surface area contributed by atoms with Crippen molar-refractivity contribution in [2.75, 3.05) is 0 Å². The summed E-state index contributed by atoms with van der Waals surface area (Å²) in [5, 5.41) is 9.40. The van der Waals surface area contributed by atoms with E-state index in [1.807, 2.05) is 55.5 Å². The lowest BCUT2D eigenvalue weighted by Crippen LogP contribution is -2.30. The van der Waals surface area contributed by atoms with Crippen molar-refractivity contribution in [3.8, 4) is 28.7 Å². The van der Waals surface area contributed by atoms with Gasteiger partial charge in [0.1, 0.15) is 11.5 Å². The Bertz CT molecular complexity index is 1290. The zero-order chi connectivity index (χ0) is 30.2. The molecule has 0 spiro atoms. The fraction of sp³-hybridized carbons (Fsp3) is 0.432. The predicted octanol–water partition coefficient (Wildman–Crippen LogP) is 9.88. The molecule has 0 aromatic heterocycles. The van der Waals surface area contributed by atoms with Crippen LogP contribution in [0, 0.1) is 16.7 Å². The molecule has 5 nitrogen and oxygen atoms in total. The van der Waals surface area contributed by atoms with Gasteiger partial charge in [-0.1, -0.05) is 108 Å². The van der Waals surface area contributed by atoms with Crippen molar-refractivity contribution < 1.29 is 19.1 Å². The van der Waals surface area contributed by atoms with Crippen LogP contribution in [-0.2, 0) is 11.2 Å². The van der Waals surface area contributed by atoms with Crippen molar-refractivity contribution in [3.63, 3.8) is 0 Å². The minimum absolute atomic E-state index is 0.379. The summed E-state index contributed by atoms with van der Waals surface area (Å²) in [7, 11) is 0. The summed E-state index contributed by atoms with van der Waals surface area (Å²) in [6, 6.07) is 24.2. The van der Waals surface area contributed by atoms with Gasteiger partial charge in [-0.15, -0.1) is 0 Å². The van der Waals surface area contributed by atoms with Gasteiger partial charge >= 0.3 is 11.9 Å². The molecule has 0 aliphatic carbocycles. The van der Waals surface area contributed by atoms with Crippen molar-refractivity contribution in [3.05, 3.63) is 83.9 Å². The summed E-state index contributed by atoms with van der Waals surface area (Å²) in [5.74, 6) is -0.0546. The second-order valence-electron chi connectivity index (χ2n) is 11.3. The van der Waals surface area contributed by atoms with Gasteiger partial charge in [-0.25, -0.2) is 9.59 Å². The van der Waals surface area contributed by atoms with E-state index in [-0.39, 0.29) is 5.97 Å². The maximum atomic E-state index is 12.7. The molecule has 0 saturated carbocycles. The van der Waals surface area contributed by atoms with Crippen LogP contribution in [0.1, 0.15) is 107 Å². The summed E-state index contributed by atoms with van der Waals surface area (Å²) in [4.78, 5) is 25.2. The summed E-state index contributed by atoms with van der Waals surface area (Å²) >= 11 is 0. The molecular formula is C37H45NO4. The van der Waals surface area contributed by atoms with Crippen LogP contribution in [0.4, 0.5) is 0 Å². The third-order valence-electron chi connectivity index (χ3n) is 7.67. The predicted molar refractivity (Wildman–Crippen MR) is 168 cm³/mol. The van der Waals surface area contributed by atoms with E-state index in [4.69, 9.17) is 9.47 Å². The first kappa shape index (κ1) is 32.6. The van der Waals surface area contributed by atoms with E-state index in [2.05, 4.69) is 13.0 Å². The lowest BCUT2D eigenvalue weighted by Gasteiger charge is -2.18. The van der Waals surface area contributed by atoms with Gasteiger partial charge in [-0.3, -0.25) is 0 Å². The second kappa shape index (κ2) is 17.1. The van der Waals surface area contributed by atoms with Crippen LogP contribution in [0.5, 0.6) is 11.5 Å². The smallest absolute Gasteiger partial charge is 0.343 e. The number of esters is 2. The highest BCUT2D eigenvalue weighted by Gasteiger charge is 2.34. The molecule has 0 aliphatic rings. The summed E-state index contributed by atoms with van der Waals surface area (Å²) in [6.07, 6.45) is 14.0. The van der Waals surface area contributed by atoms with E-state index in [1.165, 1.54) is 63.4 Å². The Morgan fingerprint density at radius 1 is 0.667 bits per heavy atom. The number of carbonyl (C=O) groups is 2. The Morgan fingerprint density at radius 3 is 1.67 bits per heavy atom. The number of unbranched alkanes of at least 4 members (excludes halogenated alkanes) is 8. The molecule has 42 heavy (non-hydrogen) atoms. The maximum Gasteiger partial charge on any atom is 0.343 e. The van der Waals surface area contributed by atoms with Crippen LogP contribution in [0.25, 0.3) is 11.1 Å². The Hall–Kier alpha value is -3.91. The first-order chi connectivity index (χ1) is 20.4. The zero-order valence-corrected chi connectivity index (χ0v) is 25.5. The topological polar surface area (TPSA) is 76.4 Å². The molecule has 0 aliphatic heterocycles. The first-order valence-corrected chi connectivity index (χ1v) is 15.5. The molecule has 1 unspecified atom stereocenters. The second-order valence-corrected chi connectivity index (χ2v) is 11.3. The molecule has 3 rings (SSSR count). The van der Waals surface area contributed by atoms with E-state index < -0.39 is 11.4 Å². The number of rotatable bonds is 17. The lowest BCUT2D eigenvalue weighted by molar-refractivity contribution is -0.142. The number of nitriles is 1. The van der Waals surface area contributed by atoms with Crippen LogP contribution < -0.4 is 9.47 Å².